The summed E-state index contributed by atoms with van der Waals surface area (Å²) in [5.41, 5.74) is 0.247. The molecule has 1 aromatic carbocycles. The largest absolute Gasteiger partial charge is 0.494 e. The molecule has 1 aromatic heterocycles. The second-order valence-corrected chi connectivity index (χ2v) is 4.34. The van der Waals surface area contributed by atoms with Crippen molar-refractivity contribution in [1.82, 2.24) is 10.1 Å². The molecule has 5 nitrogen and oxygen atoms in total. The number of nitrogens with zero attached hydrogens (tertiary/aromatic N) is 2. The van der Waals surface area contributed by atoms with Gasteiger partial charge in [0.1, 0.15) is 0 Å². The average molecular weight is 264 g/mol. The fourth-order valence-corrected chi connectivity index (χ4v) is 2.08. The van der Waals surface area contributed by atoms with Gasteiger partial charge in [0, 0.05) is 12.5 Å². The molecule has 3 rings (SSSR count). The molecule has 0 N–H and O–H groups in total. The Balaban J connectivity index is 1.94. The summed E-state index contributed by atoms with van der Waals surface area (Å²) < 4.78 is 29.4. The van der Waals surface area contributed by atoms with E-state index in [2.05, 4.69) is 10.1 Å². The van der Waals surface area contributed by atoms with Crippen LogP contribution in [0.4, 0.5) is 4.39 Å². The number of ether oxygens (including phenoxy) is 2. The molecule has 2 heterocycles. The van der Waals surface area contributed by atoms with Crippen molar-refractivity contribution in [3.8, 4) is 17.2 Å². The van der Waals surface area contributed by atoms with E-state index < -0.39 is 5.82 Å². The van der Waals surface area contributed by atoms with Gasteiger partial charge in [-0.2, -0.15) is 4.98 Å². The van der Waals surface area contributed by atoms with Crippen molar-refractivity contribution >= 4 is 0 Å². The minimum absolute atomic E-state index is 0.131. The molecule has 0 amide bonds. The normalized spacial score (nSPS) is 18.7. The maximum absolute atomic E-state index is 14.1. The minimum atomic E-state index is -0.497. The Morgan fingerprint density at radius 2 is 2.32 bits per heavy atom. The third-order valence-corrected chi connectivity index (χ3v) is 3.15. The van der Waals surface area contributed by atoms with Crippen molar-refractivity contribution in [1.29, 1.82) is 0 Å². The summed E-state index contributed by atoms with van der Waals surface area (Å²) in [7, 11) is 1.41. The average Bonchev–Trinajstić information content (AvgIpc) is 3.09. The van der Waals surface area contributed by atoms with E-state index in [4.69, 9.17) is 14.0 Å². The van der Waals surface area contributed by atoms with E-state index in [1.807, 2.05) is 0 Å². The highest BCUT2D eigenvalue weighted by atomic mass is 19.1. The number of methoxy groups -OCH3 is 1. The first-order valence-corrected chi connectivity index (χ1v) is 6.04. The highest BCUT2D eigenvalue weighted by Gasteiger charge is 2.24. The summed E-state index contributed by atoms with van der Waals surface area (Å²) in [6, 6.07) is 4.81. The van der Waals surface area contributed by atoms with Gasteiger partial charge in [0.05, 0.1) is 19.3 Å². The molecule has 0 aliphatic carbocycles. The minimum Gasteiger partial charge on any atom is -0.494 e. The predicted molar refractivity (Wildman–Crippen MR) is 64.4 cm³/mol. The van der Waals surface area contributed by atoms with Gasteiger partial charge in [0.15, 0.2) is 17.4 Å². The number of hydrogen-bond acceptors (Lipinski definition) is 5. The first kappa shape index (κ1) is 12.1. The van der Waals surface area contributed by atoms with Gasteiger partial charge in [-0.1, -0.05) is 11.2 Å². The number of halogens is 1. The molecular formula is C13H13FN2O3. The molecular weight excluding hydrogens is 251 g/mol. The molecule has 0 bridgehead atoms. The monoisotopic (exact) mass is 264 g/mol. The zero-order valence-electron chi connectivity index (χ0n) is 10.4. The van der Waals surface area contributed by atoms with E-state index in [0.717, 1.165) is 6.42 Å². The topological polar surface area (TPSA) is 57.4 Å². The Bertz CT molecular complexity index is 579. The molecule has 1 atom stereocenters. The van der Waals surface area contributed by atoms with Crippen LogP contribution in [0, 0.1) is 5.82 Å². The van der Waals surface area contributed by atoms with Crippen LogP contribution in [0.1, 0.15) is 18.2 Å². The van der Waals surface area contributed by atoms with E-state index in [0.29, 0.717) is 19.0 Å². The van der Waals surface area contributed by atoms with Gasteiger partial charge >= 0.3 is 0 Å². The summed E-state index contributed by atoms with van der Waals surface area (Å²) in [6.45, 7) is 1.28. The molecule has 0 saturated carbocycles. The molecule has 0 radical (unpaired) electrons. The summed E-state index contributed by atoms with van der Waals surface area (Å²) >= 11 is 0. The molecule has 2 aromatic rings. The highest BCUT2D eigenvalue weighted by molar-refractivity contribution is 5.57. The van der Waals surface area contributed by atoms with Crippen LogP contribution in [-0.2, 0) is 4.74 Å². The summed E-state index contributed by atoms with van der Waals surface area (Å²) in [4.78, 5) is 4.25. The molecule has 6 heteroatoms. The fraction of sp³-hybridized carbons (Fsp3) is 0.385. The Hall–Kier alpha value is -1.95. The van der Waals surface area contributed by atoms with Gasteiger partial charge in [0.2, 0.25) is 0 Å². The van der Waals surface area contributed by atoms with Crippen LogP contribution < -0.4 is 4.74 Å². The van der Waals surface area contributed by atoms with Crippen molar-refractivity contribution in [3.05, 3.63) is 29.8 Å². The van der Waals surface area contributed by atoms with Crippen LogP contribution in [-0.4, -0.2) is 30.5 Å². The molecule has 1 saturated heterocycles. The van der Waals surface area contributed by atoms with Crippen LogP contribution in [0.5, 0.6) is 5.75 Å². The molecule has 1 fully saturated rings. The van der Waals surface area contributed by atoms with E-state index >= 15 is 0 Å². The van der Waals surface area contributed by atoms with E-state index in [1.165, 1.54) is 7.11 Å². The lowest BCUT2D eigenvalue weighted by atomic mass is 10.1. The highest BCUT2D eigenvalue weighted by Crippen LogP contribution is 2.30. The van der Waals surface area contributed by atoms with Crippen molar-refractivity contribution in [2.24, 2.45) is 0 Å². The van der Waals surface area contributed by atoms with Crippen molar-refractivity contribution < 1.29 is 18.4 Å². The molecule has 0 spiro atoms. The summed E-state index contributed by atoms with van der Waals surface area (Å²) in [6.07, 6.45) is 0.861. The smallest absolute Gasteiger partial charge is 0.261 e. The quantitative estimate of drug-likeness (QED) is 0.852. The number of benzene rings is 1. The summed E-state index contributed by atoms with van der Waals surface area (Å²) in [5.74, 6) is 0.517. The second-order valence-electron chi connectivity index (χ2n) is 4.34. The SMILES string of the molecule is COc1cccc(-c2nc([C@@H]3CCOC3)no2)c1F. The van der Waals surface area contributed by atoms with Crippen LogP contribution >= 0.6 is 0 Å². The Labute approximate surface area is 109 Å². The Morgan fingerprint density at radius 1 is 1.42 bits per heavy atom. The van der Waals surface area contributed by atoms with Gasteiger partial charge < -0.3 is 14.0 Å². The van der Waals surface area contributed by atoms with Crippen LogP contribution in [0.3, 0.4) is 0 Å². The standard InChI is InChI=1S/C13H13FN2O3/c1-17-10-4-2-3-9(11(10)14)13-15-12(16-19-13)8-5-6-18-7-8/h2-4,8H,5-7H2,1H3/t8-/m1/s1. The lowest BCUT2D eigenvalue weighted by molar-refractivity contribution is 0.192. The van der Waals surface area contributed by atoms with Gasteiger partial charge in [0.25, 0.3) is 5.89 Å². The van der Waals surface area contributed by atoms with Crippen molar-refractivity contribution in [2.75, 3.05) is 20.3 Å². The Kier molecular flexibility index (Phi) is 3.16. The number of aromatic nitrogens is 2. The molecule has 100 valence electrons. The zero-order chi connectivity index (χ0) is 13.2. The van der Waals surface area contributed by atoms with Gasteiger partial charge in [-0.15, -0.1) is 0 Å². The van der Waals surface area contributed by atoms with Gasteiger partial charge in [-0.25, -0.2) is 4.39 Å². The molecule has 19 heavy (non-hydrogen) atoms. The first-order valence-electron chi connectivity index (χ1n) is 6.04. The van der Waals surface area contributed by atoms with Crippen molar-refractivity contribution in [3.63, 3.8) is 0 Å². The predicted octanol–water partition coefficient (Wildman–Crippen LogP) is 2.39. The fourth-order valence-electron chi connectivity index (χ4n) is 2.08. The second kappa shape index (κ2) is 4.97. The zero-order valence-corrected chi connectivity index (χ0v) is 10.4. The maximum Gasteiger partial charge on any atom is 0.261 e. The molecule has 1 aliphatic rings. The first-order chi connectivity index (χ1) is 9.29. The molecule has 1 aliphatic heterocycles. The molecule has 0 unspecified atom stereocenters. The summed E-state index contributed by atoms with van der Waals surface area (Å²) in [5, 5.41) is 3.90. The number of rotatable bonds is 3. The third kappa shape index (κ3) is 2.19. The number of hydrogen-bond donors (Lipinski definition) is 0. The Morgan fingerprint density at radius 3 is 3.05 bits per heavy atom. The lowest BCUT2D eigenvalue weighted by Crippen LogP contribution is -1.99. The van der Waals surface area contributed by atoms with Crippen LogP contribution in [0.2, 0.25) is 0 Å². The van der Waals surface area contributed by atoms with E-state index in [-0.39, 0.29) is 23.1 Å². The lowest BCUT2D eigenvalue weighted by Gasteiger charge is -2.03. The van der Waals surface area contributed by atoms with Gasteiger partial charge in [-0.3, -0.25) is 0 Å². The third-order valence-electron chi connectivity index (χ3n) is 3.15. The van der Waals surface area contributed by atoms with Crippen LogP contribution in [0.25, 0.3) is 11.5 Å². The van der Waals surface area contributed by atoms with E-state index in [1.54, 1.807) is 18.2 Å². The van der Waals surface area contributed by atoms with Gasteiger partial charge in [-0.05, 0) is 18.6 Å². The van der Waals surface area contributed by atoms with E-state index in [9.17, 15) is 4.39 Å². The maximum atomic E-state index is 14.1. The van der Waals surface area contributed by atoms with Crippen LogP contribution in [0.15, 0.2) is 22.7 Å². The van der Waals surface area contributed by atoms with Crippen molar-refractivity contribution in [2.45, 2.75) is 12.3 Å².